The third-order valence-corrected chi connectivity index (χ3v) is 7.49. The van der Waals surface area contributed by atoms with Gasteiger partial charge in [-0.05, 0) is 55.2 Å². The quantitative estimate of drug-likeness (QED) is 0.204. The van der Waals surface area contributed by atoms with Crippen LogP contribution in [0.4, 0.5) is 0 Å². The molecular formula is C35H36Cl2N2O2. The van der Waals surface area contributed by atoms with Gasteiger partial charge in [0.05, 0.1) is 0 Å². The third kappa shape index (κ3) is 8.69. The standard InChI is InChI=1S/C35H36Cl2N2O2/c1-35(2,3)38-34(41)32(21-25-13-7-4-8-14-25)39(24-28-19-20-29(36)22-31(28)37)33(40)23-30(26-15-9-5-10-16-26)27-17-11-6-12-18-27/h4-20,22,30,32H,21,23-24H2,1-3H3,(H,38,41)/t32-/m1/s1. The fourth-order valence-corrected chi connectivity index (χ4v) is 5.40. The average molecular weight is 588 g/mol. The number of carbonyl (C=O) groups excluding carboxylic acids is 2. The molecule has 0 heterocycles. The van der Waals surface area contributed by atoms with Crippen LogP contribution in [0.25, 0.3) is 0 Å². The molecule has 2 amide bonds. The second kappa shape index (κ2) is 13.8. The van der Waals surface area contributed by atoms with Crippen LogP contribution in [0.3, 0.4) is 0 Å². The van der Waals surface area contributed by atoms with Crippen LogP contribution in [0.2, 0.25) is 10.0 Å². The fourth-order valence-electron chi connectivity index (χ4n) is 4.93. The molecule has 0 aliphatic carbocycles. The molecule has 0 saturated heterocycles. The van der Waals surface area contributed by atoms with Gasteiger partial charge in [-0.1, -0.05) is 120 Å². The van der Waals surface area contributed by atoms with Crippen molar-refractivity contribution in [2.45, 2.75) is 57.7 Å². The van der Waals surface area contributed by atoms with Crippen molar-refractivity contribution < 1.29 is 9.59 Å². The summed E-state index contributed by atoms with van der Waals surface area (Å²) in [7, 11) is 0. The Morgan fingerprint density at radius 2 is 1.32 bits per heavy atom. The van der Waals surface area contributed by atoms with E-state index in [2.05, 4.69) is 5.32 Å². The molecule has 4 nitrogen and oxygen atoms in total. The zero-order valence-electron chi connectivity index (χ0n) is 23.7. The van der Waals surface area contributed by atoms with Gasteiger partial charge in [0.1, 0.15) is 6.04 Å². The van der Waals surface area contributed by atoms with E-state index in [4.69, 9.17) is 23.2 Å². The molecule has 0 radical (unpaired) electrons. The Bertz CT molecular complexity index is 1400. The first kappa shape index (κ1) is 30.4. The highest BCUT2D eigenvalue weighted by atomic mass is 35.5. The van der Waals surface area contributed by atoms with Crippen LogP contribution >= 0.6 is 23.2 Å². The number of rotatable bonds is 10. The SMILES string of the molecule is CC(C)(C)NC(=O)[C@@H](Cc1ccccc1)N(Cc1ccc(Cl)cc1Cl)C(=O)CC(c1ccccc1)c1ccccc1. The average Bonchev–Trinajstić information content (AvgIpc) is 2.95. The maximum absolute atomic E-state index is 14.5. The van der Waals surface area contributed by atoms with Crippen molar-refractivity contribution >= 4 is 35.0 Å². The molecule has 4 aromatic carbocycles. The second-order valence-corrected chi connectivity index (χ2v) is 12.1. The third-order valence-electron chi connectivity index (χ3n) is 6.91. The molecule has 4 aromatic rings. The summed E-state index contributed by atoms with van der Waals surface area (Å²) in [5.74, 6) is -0.536. The van der Waals surface area contributed by atoms with Crippen LogP contribution in [0.5, 0.6) is 0 Å². The molecule has 0 fully saturated rings. The molecule has 4 rings (SSSR count). The molecule has 0 spiro atoms. The lowest BCUT2D eigenvalue weighted by Crippen LogP contribution is -2.54. The van der Waals surface area contributed by atoms with Crippen molar-refractivity contribution in [1.82, 2.24) is 10.2 Å². The van der Waals surface area contributed by atoms with Gasteiger partial charge in [-0.15, -0.1) is 0 Å². The molecule has 0 aliphatic rings. The summed E-state index contributed by atoms with van der Waals surface area (Å²) in [6.45, 7) is 5.98. The summed E-state index contributed by atoms with van der Waals surface area (Å²) >= 11 is 12.8. The molecule has 0 aliphatic heterocycles. The van der Waals surface area contributed by atoms with Crippen molar-refractivity contribution in [1.29, 1.82) is 0 Å². The van der Waals surface area contributed by atoms with Crippen molar-refractivity contribution in [3.05, 3.63) is 141 Å². The molecule has 41 heavy (non-hydrogen) atoms. The van der Waals surface area contributed by atoms with Crippen LogP contribution in [-0.2, 0) is 22.6 Å². The highest BCUT2D eigenvalue weighted by Gasteiger charge is 2.34. The molecule has 1 atom stereocenters. The van der Waals surface area contributed by atoms with Crippen molar-refractivity contribution in [2.75, 3.05) is 0 Å². The highest BCUT2D eigenvalue weighted by molar-refractivity contribution is 6.35. The minimum absolute atomic E-state index is 0.140. The zero-order valence-corrected chi connectivity index (χ0v) is 25.2. The van der Waals surface area contributed by atoms with Crippen molar-refractivity contribution in [3.8, 4) is 0 Å². The van der Waals surface area contributed by atoms with Gasteiger partial charge in [-0.2, -0.15) is 0 Å². The number of hydrogen-bond donors (Lipinski definition) is 1. The summed E-state index contributed by atoms with van der Waals surface area (Å²) in [5, 5.41) is 4.08. The smallest absolute Gasteiger partial charge is 0.243 e. The van der Waals surface area contributed by atoms with Gasteiger partial charge in [0.15, 0.2) is 0 Å². The molecule has 6 heteroatoms. The minimum atomic E-state index is -0.761. The van der Waals surface area contributed by atoms with Gasteiger partial charge in [0.2, 0.25) is 11.8 Å². The highest BCUT2D eigenvalue weighted by Crippen LogP contribution is 2.31. The number of nitrogens with zero attached hydrogens (tertiary/aromatic N) is 1. The Morgan fingerprint density at radius 1 is 0.780 bits per heavy atom. The number of hydrogen-bond acceptors (Lipinski definition) is 2. The topological polar surface area (TPSA) is 49.4 Å². The van der Waals surface area contributed by atoms with Gasteiger partial charge in [-0.3, -0.25) is 9.59 Å². The van der Waals surface area contributed by atoms with Gasteiger partial charge in [0, 0.05) is 40.9 Å². The van der Waals surface area contributed by atoms with Crippen LogP contribution < -0.4 is 5.32 Å². The summed E-state index contributed by atoms with van der Waals surface area (Å²) in [4.78, 5) is 30.0. The summed E-state index contributed by atoms with van der Waals surface area (Å²) < 4.78 is 0. The van der Waals surface area contributed by atoms with Gasteiger partial charge in [-0.25, -0.2) is 0 Å². The first-order valence-electron chi connectivity index (χ1n) is 13.8. The maximum Gasteiger partial charge on any atom is 0.243 e. The molecule has 0 saturated carbocycles. The molecule has 0 bridgehead atoms. The number of amides is 2. The van der Waals surface area contributed by atoms with E-state index in [1.165, 1.54) is 0 Å². The van der Waals surface area contributed by atoms with E-state index >= 15 is 0 Å². The maximum atomic E-state index is 14.5. The predicted molar refractivity (Wildman–Crippen MR) is 168 cm³/mol. The van der Waals surface area contributed by atoms with E-state index < -0.39 is 11.6 Å². The summed E-state index contributed by atoms with van der Waals surface area (Å²) in [5.41, 5.74) is 3.28. The normalized spacial score (nSPS) is 12.1. The Morgan fingerprint density at radius 3 is 1.83 bits per heavy atom. The van der Waals surface area contributed by atoms with Gasteiger partial charge in [0.25, 0.3) is 0 Å². The predicted octanol–water partition coefficient (Wildman–Crippen LogP) is 8.07. The molecule has 212 valence electrons. The van der Waals surface area contributed by atoms with Crippen LogP contribution in [0, 0.1) is 0 Å². The largest absolute Gasteiger partial charge is 0.350 e. The Hall–Kier alpha value is -3.60. The number of carbonyl (C=O) groups is 2. The number of halogens is 2. The van der Waals surface area contributed by atoms with Crippen LogP contribution in [0.1, 0.15) is 55.4 Å². The minimum Gasteiger partial charge on any atom is -0.350 e. The first-order chi connectivity index (χ1) is 19.6. The van der Waals surface area contributed by atoms with Gasteiger partial charge < -0.3 is 10.2 Å². The number of benzene rings is 4. The van der Waals surface area contributed by atoms with Crippen molar-refractivity contribution in [3.63, 3.8) is 0 Å². The lowest BCUT2D eigenvalue weighted by atomic mass is 9.87. The Labute approximate surface area is 253 Å². The number of nitrogens with one attached hydrogen (secondary N) is 1. The Balaban J connectivity index is 1.77. The van der Waals surface area contributed by atoms with Crippen LogP contribution in [0.15, 0.2) is 109 Å². The molecule has 0 unspecified atom stereocenters. The molecule has 0 aromatic heterocycles. The zero-order chi connectivity index (χ0) is 29.4. The molecular weight excluding hydrogens is 551 g/mol. The molecule has 1 N–H and O–H groups in total. The lowest BCUT2D eigenvalue weighted by molar-refractivity contribution is -0.142. The van der Waals surface area contributed by atoms with E-state index in [-0.39, 0.29) is 30.7 Å². The monoisotopic (exact) mass is 586 g/mol. The second-order valence-electron chi connectivity index (χ2n) is 11.3. The van der Waals surface area contributed by atoms with E-state index in [9.17, 15) is 9.59 Å². The van der Waals surface area contributed by atoms with E-state index in [0.29, 0.717) is 16.5 Å². The summed E-state index contributed by atoms with van der Waals surface area (Å²) in [6, 6.07) is 34.3. The van der Waals surface area contributed by atoms with E-state index in [1.807, 2.05) is 118 Å². The summed E-state index contributed by atoms with van der Waals surface area (Å²) in [6.07, 6.45) is 0.550. The van der Waals surface area contributed by atoms with Crippen LogP contribution in [-0.4, -0.2) is 28.3 Å². The first-order valence-corrected chi connectivity index (χ1v) is 14.6. The van der Waals surface area contributed by atoms with E-state index in [0.717, 1.165) is 22.3 Å². The van der Waals surface area contributed by atoms with E-state index in [1.54, 1.807) is 17.0 Å². The lowest BCUT2D eigenvalue weighted by Gasteiger charge is -2.35. The Kier molecular flexibility index (Phi) is 10.3. The van der Waals surface area contributed by atoms with Crippen molar-refractivity contribution in [2.24, 2.45) is 0 Å². The fraction of sp³-hybridized carbons (Fsp3) is 0.257. The van der Waals surface area contributed by atoms with Gasteiger partial charge >= 0.3 is 0 Å².